The van der Waals surface area contributed by atoms with Crippen LogP contribution < -0.4 is 5.32 Å². The van der Waals surface area contributed by atoms with E-state index in [0.29, 0.717) is 5.56 Å². The third-order valence-corrected chi connectivity index (χ3v) is 4.02. The summed E-state index contributed by atoms with van der Waals surface area (Å²) in [5.41, 5.74) is 1.45. The monoisotopic (exact) mass is 369 g/mol. The number of ether oxygens (including phenoxy) is 1. The van der Waals surface area contributed by atoms with Gasteiger partial charge in [0.1, 0.15) is 12.6 Å². The number of ketones is 1. The summed E-state index contributed by atoms with van der Waals surface area (Å²) in [5.74, 6) is -1.56. The maximum atomic E-state index is 12.1. The number of carboxylic acid groups (broad SMARTS) is 1. The van der Waals surface area contributed by atoms with Crippen molar-refractivity contribution >= 4 is 17.7 Å². The third-order valence-electron chi connectivity index (χ3n) is 4.02. The van der Waals surface area contributed by atoms with Crippen LogP contribution >= 0.6 is 0 Å². The Labute approximate surface area is 158 Å². The van der Waals surface area contributed by atoms with Crippen LogP contribution in [0.2, 0.25) is 0 Å². The molecule has 2 N–H and O–H groups in total. The second kappa shape index (κ2) is 10.9. The third kappa shape index (κ3) is 7.42. The van der Waals surface area contributed by atoms with Gasteiger partial charge in [-0.15, -0.1) is 0 Å². The first kappa shape index (κ1) is 20.3. The van der Waals surface area contributed by atoms with E-state index in [0.717, 1.165) is 5.56 Å². The van der Waals surface area contributed by atoms with Gasteiger partial charge < -0.3 is 15.2 Å². The molecule has 6 nitrogen and oxygen atoms in total. The van der Waals surface area contributed by atoms with E-state index in [1.54, 1.807) is 24.3 Å². The van der Waals surface area contributed by atoms with Crippen molar-refractivity contribution in [3.8, 4) is 0 Å². The molecule has 0 fully saturated rings. The van der Waals surface area contributed by atoms with Crippen molar-refractivity contribution in [3.05, 3.63) is 71.8 Å². The number of carboxylic acids is 1. The van der Waals surface area contributed by atoms with Gasteiger partial charge in [0.2, 0.25) is 0 Å². The van der Waals surface area contributed by atoms with Gasteiger partial charge in [-0.3, -0.25) is 14.4 Å². The molecule has 2 aromatic carbocycles. The van der Waals surface area contributed by atoms with Crippen LogP contribution in [0.3, 0.4) is 0 Å². The van der Waals surface area contributed by atoms with Crippen molar-refractivity contribution in [3.63, 3.8) is 0 Å². The fourth-order valence-corrected chi connectivity index (χ4v) is 2.52. The Bertz CT molecular complexity index is 746. The van der Waals surface area contributed by atoms with Gasteiger partial charge in [0.25, 0.3) is 0 Å². The van der Waals surface area contributed by atoms with Crippen LogP contribution in [-0.4, -0.2) is 35.4 Å². The molecule has 0 aliphatic rings. The van der Waals surface area contributed by atoms with Gasteiger partial charge in [0, 0.05) is 18.5 Å². The zero-order chi connectivity index (χ0) is 19.5. The molecule has 27 heavy (non-hydrogen) atoms. The van der Waals surface area contributed by atoms with E-state index in [2.05, 4.69) is 5.32 Å². The maximum Gasteiger partial charge on any atom is 0.320 e. The summed E-state index contributed by atoms with van der Waals surface area (Å²) in [4.78, 5) is 35.2. The summed E-state index contributed by atoms with van der Waals surface area (Å²) in [6, 6.07) is 17.2. The van der Waals surface area contributed by atoms with E-state index in [1.165, 1.54) is 0 Å². The Balaban J connectivity index is 1.70. The molecule has 0 saturated heterocycles. The largest absolute Gasteiger partial charge is 0.480 e. The van der Waals surface area contributed by atoms with Crippen molar-refractivity contribution in [2.24, 2.45) is 0 Å². The number of hydrogen-bond acceptors (Lipinski definition) is 5. The Morgan fingerprint density at radius 1 is 0.926 bits per heavy atom. The van der Waals surface area contributed by atoms with E-state index < -0.39 is 18.0 Å². The lowest BCUT2D eigenvalue weighted by Crippen LogP contribution is -2.38. The van der Waals surface area contributed by atoms with Crippen molar-refractivity contribution < 1.29 is 24.2 Å². The summed E-state index contributed by atoms with van der Waals surface area (Å²) in [5, 5.41) is 12.1. The number of esters is 1. The predicted molar refractivity (Wildman–Crippen MR) is 100 cm³/mol. The number of nitrogens with one attached hydrogen (secondary N) is 1. The highest BCUT2D eigenvalue weighted by atomic mass is 16.5. The second-order valence-electron chi connectivity index (χ2n) is 6.07. The lowest BCUT2D eigenvalue weighted by Gasteiger charge is -2.14. The topological polar surface area (TPSA) is 92.7 Å². The fourth-order valence-electron chi connectivity index (χ4n) is 2.52. The minimum absolute atomic E-state index is 0.0588. The molecule has 0 aromatic heterocycles. The Kier molecular flexibility index (Phi) is 8.19. The summed E-state index contributed by atoms with van der Waals surface area (Å²) in [6.07, 6.45) is 0.331. The first-order valence-electron chi connectivity index (χ1n) is 8.80. The predicted octanol–water partition coefficient (Wildman–Crippen LogP) is 2.83. The van der Waals surface area contributed by atoms with Crippen LogP contribution in [0.5, 0.6) is 0 Å². The Hall–Kier alpha value is -2.99. The average molecular weight is 369 g/mol. The molecule has 0 saturated carbocycles. The van der Waals surface area contributed by atoms with Crippen LogP contribution in [0.25, 0.3) is 0 Å². The lowest BCUT2D eigenvalue weighted by molar-refractivity contribution is -0.145. The van der Waals surface area contributed by atoms with Crippen LogP contribution in [0.1, 0.15) is 35.2 Å². The molecule has 2 rings (SSSR count). The van der Waals surface area contributed by atoms with Crippen molar-refractivity contribution in [2.45, 2.75) is 31.9 Å². The van der Waals surface area contributed by atoms with Gasteiger partial charge in [-0.1, -0.05) is 60.7 Å². The molecule has 0 aliphatic heterocycles. The zero-order valence-corrected chi connectivity index (χ0v) is 15.0. The second-order valence-corrected chi connectivity index (χ2v) is 6.07. The Morgan fingerprint density at radius 3 is 2.19 bits per heavy atom. The van der Waals surface area contributed by atoms with E-state index in [4.69, 9.17) is 4.74 Å². The number of Topliss-reactive ketones (excluding diaryl/α,β-unsaturated/α-hetero) is 1. The number of benzene rings is 2. The van der Waals surface area contributed by atoms with Crippen LogP contribution in [0, 0.1) is 0 Å². The van der Waals surface area contributed by atoms with E-state index in [-0.39, 0.29) is 38.2 Å². The lowest BCUT2D eigenvalue weighted by atomic mass is 10.0. The molecular weight excluding hydrogens is 346 g/mol. The van der Waals surface area contributed by atoms with Crippen LogP contribution in [0.4, 0.5) is 0 Å². The number of aliphatic carboxylic acids is 1. The van der Waals surface area contributed by atoms with Gasteiger partial charge in [-0.2, -0.15) is 0 Å². The fraction of sp³-hybridized carbons (Fsp3) is 0.286. The highest BCUT2D eigenvalue weighted by molar-refractivity contribution is 5.96. The minimum Gasteiger partial charge on any atom is -0.480 e. The van der Waals surface area contributed by atoms with Gasteiger partial charge in [-0.25, -0.2) is 0 Å². The first-order chi connectivity index (χ1) is 13.1. The van der Waals surface area contributed by atoms with Crippen LogP contribution in [-0.2, 0) is 20.9 Å². The number of carbonyl (C=O) groups excluding carboxylic acids is 2. The molecule has 0 spiro atoms. The average Bonchev–Trinajstić information content (AvgIpc) is 2.70. The summed E-state index contributed by atoms with van der Waals surface area (Å²) < 4.78 is 5.15. The molecule has 0 aliphatic carbocycles. The number of rotatable bonds is 11. The van der Waals surface area contributed by atoms with E-state index >= 15 is 0 Å². The molecule has 1 unspecified atom stereocenters. The molecule has 6 heteroatoms. The highest BCUT2D eigenvalue weighted by Gasteiger charge is 2.19. The Morgan fingerprint density at radius 2 is 1.56 bits per heavy atom. The van der Waals surface area contributed by atoms with Gasteiger partial charge >= 0.3 is 11.9 Å². The van der Waals surface area contributed by atoms with Crippen molar-refractivity contribution in [1.82, 2.24) is 5.32 Å². The summed E-state index contributed by atoms with van der Waals surface area (Å²) in [7, 11) is 0. The smallest absolute Gasteiger partial charge is 0.320 e. The first-order valence-corrected chi connectivity index (χ1v) is 8.80. The number of carbonyl (C=O) groups is 3. The summed E-state index contributed by atoms with van der Waals surface area (Å²) in [6.45, 7) is 0.359. The molecule has 0 radical (unpaired) electrons. The minimum atomic E-state index is -1.05. The van der Waals surface area contributed by atoms with Crippen molar-refractivity contribution in [1.29, 1.82) is 0 Å². The molecule has 2 aromatic rings. The highest BCUT2D eigenvalue weighted by Crippen LogP contribution is 2.08. The SMILES string of the molecule is O=C(CCNC(CCC(=O)c1ccccc1)C(=O)O)OCc1ccccc1. The van der Waals surface area contributed by atoms with Gasteiger partial charge in [-0.05, 0) is 12.0 Å². The van der Waals surface area contributed by atoms with E-state index in [9.17, 15) is 19.5 Å². The zero-order valence-electron chi connectivity index (χ0n) is 15.0. The number of hydrogen-bond donors (Lipinski definition) is 2. The van der Waals surface area contributed by atoms with E-state index in [1.807, 2.05) is 36.4 Å². The maximum absolute atomic E-state index is 12.1. The molecular formula is C21H23NO5. The molecule has 142 valence electrons. The van der Waals surface area contributed by atoms with Crippen molar-refractivity contribution in [2.75, 3.05) is 6.54 Å². The standard InChI is InChI=1S/C21H23NO5/c23-19(17-9-5-2-6-10-17)12-11-18(21(25)26)22-14-13-20(24)27-15-16-7-3-1-4-8-16/h1-10,18,22H,11-15H2,(H,25,26). The normalized spacial score (nSPS) is 11.6. The van der Waals surface area contributed by atoms with Gasteiger partial charge in [0.05, 0.1) is 6.42 Å². The molecule has 0 amide bonds. The summed E-state index contributed by atoms with van der Waals surface area (Å²) >= 11 is 0. The molecule has 0 heterocycles. The molecule has 1 atom stereocenters. The van der Waals surface area contributed by atoms with Crippen LogP contribution in [0.15, 0.2) is 60.7 Å². The quantitative estimate of drug-likeness (QED) is 0.467. The molecule has 0 bridgehead atoms. The van der Waals surface area contributed by atoms with Gasteiger partial charge in [0.15, 0.2) is 5.78 Å².